The Morgan fingerprint density at radius 2 is 2.29 bits per heavy atom. The highest BCUT2D eigenvalue weighted by molar-refractivity contribution is 5.99. The van der Waals surface area contributed by atoms with Crippen LogP contribution in [0.3, 0.4) is 0 Å². The third-order valence-electron chi connectivity index (χ3n) is 3.56. The molecule has 0 bridgehead atoms. The Hall–Kier alpha value is -2.42. The van der Waals surface area contributed by atoms with Gasteiger partial charge in [0.2, 0.25) is 0 Å². The molecule has 1 aliphatic rings. The van der Waals surface area contributed by atoms with E-state index in [1.165, 1.54) is 12.1 Å². The van der Waals surface area contributed by atoms with E-state index in [2.05, 4.69) is 10.1 Å². The normalized spacial score (nSPS) is 15.6. The van der Waals surface area contributed by atoms with Crippen LogP contribution in [0.25, 0.3) is 0 Å². The first-order valence-corrected chi connectivity index (χ1v) is 6.59. The van der Waals surface area contributed by atoms with Crippen molar-refractivity contribution in [1.29, 1.82) is 0 Å². The molecule has 0 aliphatic heterocycles. The molecule has 2 rings (SSSR count). The van der Waals surface area contributed by atoms with Gasteiger partial charge in [0.15, 0.2) is 11.5 Å². The maximum Gasteiger partial charge on any atom is 0.298 e. The molecule has 1 aromatic rings. The van der Waals surface area contributed by atoms with Crippen LogP contribution in [0.4, 0.5) is 11.5 Å². The van der Waals surface area contributed by atoms with Crippen LogP contribution in [0.5, 0.6) is 0 Å². The molecule has 9 nitrogen and oxygen atoms in total. The standard InChI is InChI=1S/C12H17N5O4/c13-12(15-19)11-9(17(20)21)4-5-10(14-11)16(6-7-18)8-2-1-3-8/h4-5,8,18-19H,1-3,6-7H2,(H2,13,15). The molecule has 0 spiro atoms. The molecule has 1 heterocycles. The number of rotatable bonds is 6. The van der Waals surface area contributed by atoms with Gasteiger partial charge < -0.3 is 20.9 Å². The molecular weight excluding hydrogens is 278 g/mol. The lowest BCUT2D eigenvalue weighted by Gasteiger charge is -2.38. The van der Waals surface area contributed by atoms with E-state index < -0.39 is 10.8 Å². The summed E-state index contributed by atoms with van der Waals surface area (Å²) in [6.07, 6.45) is 3.07. The number of nitrogens with two attached hydrogens (primary N) is 1. The Labute approximate surface area is 120 Å². The average molecular weight is 295 g/mol. The van der Waals surface area contributed by atoms with Crippen molar-refractivity contribution in [2.45, 2.75) is 25.3 Å². The Morgan fingerprint density at radius 3 is 2.76 bits per heavy atom. The Morgan fingerprint density at radius 1 is 1.57 bits per heavy atom. The van der Waals surface area contributed by atoms with Crippen molar-refractivity contribution < 1.29 is 15.2 Å². The van der Waals surface area contributed by atoms with Gasteiger partial charge in [-0.15, -0.1) is 0 Å². The summed E-state index contributed by atoms with van der Waals surface area (Å²) in [5, 5.41) is 31.7. The molecule has 21 heavy (non-hydrogen) atoms. The van der Waals surface area contributed by atoms with Crippen molar-refractivity contribution in [3.8, 4) is 0 Å². The Balaban J connectivity index is 2.41. The van der Waals surface area contributed by atoms with E-state index in [-0.39, 0.29) is 24.0 Å². The zero-order valence-corrected chi connectivity index (χ0v) is 11.3. The van der Waals surface area contributed by atoms with Crippen LogP contribution in [-0.2, 0) is 0 Å². The molecule has 1 saturated carbocycles. The number of hydrogen-bond donors (Lipinski definition) is 3. The van der Waals surface area contributed by atoms with Crippen molar-refractivity contribution in [1.82, 2.24) is 4.98 Å². The monoisotopic (exact) mass is 295 g/mol. The minimum absolute atomic E-state index is 0.0475. The van der Waals surface area contributed by atoms with E-state index in [4.69, 9.17) is 16.0 Å². The fraction of sp³-hybridized carbons (Fsp3) is 0.500. The van der Waals surface area contributed by atoms with Crippen LogP contribution < -0.4 is 10.6 Å². The van der Waals surface area contributed by atoms with E-state index in [0.29, 0.717) is 12.4 Å². The van der Waals surface area contributed by atoms with Gasteiger partial charge >= 0.3 is 0 Å². The van der Waals surface area contributed by atoms with Gasteiger partial charge in [-0.25, -0.2) is 4.98 Å². The van der Waals surface area contributed by atoms with Gasteiger partial charge in [0.25, 0.3) is 5.69 Å². The van der Waals surface area contributed by atoms with Crippen molar-refractivity contribution >= 4 is 17.3 Å². The van der Waals surface area contributed by atoms with Crippen LogP contribution in [0.1, 0.15) is 25.0 Å². The van der Waals surface area contributed by atoms with Crippen LogP contribution >= 0.6 is 0 Å². The SMILES string of the molecule is N/C(=N/O)c1nc(N(CCO)C2CCC2)ccc1[N+](=O)[O-]. The number of oxime groups is 1. The number of pyridine rings is 1. The summed E-state index contributed by atoms with van der Waals surface area (Å²) in [5.74, 6) is 0.0575. The number of anilines is 1. The quantitative estimate of drug-likeness (QED) is 0.227. The summed E-state index contributed by atoms with van der Waals surface area (Å²) in [4.78, 5) is 16.4. The molecular formula is C12H17N5O4. The molecule has 1 fully saturated rings. The predicted molar refractivity (Wildman–Crippen MR) is 75.5 cm³/mol. The summed E-state index contributed by atoms with van der Waals surface area (Å²) in [6, 6.07) is 3.05. The number of aliphatic hydroxyl groups is 1. The highest BCUT2D eigenvalue weighted by Crippen LogP contribution is 2.30. The second-order valence-corrected chi connectivity index (χ2v) is 4.78. The van der Waals surface area contributed by atoms with E-state index in [0.717, 1.165) is 19.3 Å². The summed E-state index contributed by atoms with van der Waals surface area (Å²) >= 11 is 0. The zero-order chi connectivity index (χ0) is 15.4. The van der Waals surface area contributed by atoms with Gasteiger partial charge in [0.05, 0.1) is 11.5 Å². The first-order valence-electron chi connectivity index (χ1n) is 6.59. The van der Waals surface area contributed by atoms with E-state index in [9.17, 15) is 10.1 Å². The van der Waals surface area contributed by atoms with Crippen LogP contribution in [-0.4, -0.2) is 45.3 Å². The molecule has 0 radical (unpaired) electrons. The van der Waals surface area contributed by atoms with Crippen LogP contribution in [0.2, 0.25) is 0 Å². The minimum Gasteiger partial charge on any atom is -0.409 e. The number of aliphatic hydroxyl groups excluding tert-OH is 1. The van der Waals surface area contributed by atoms with Gasteiger partial charge in [-0.3, -0.25) is 10.1 Å². The second-order valence-electron chi connectivity index (χ2n) is 4.78. The van der Waals surface area contributed by atoms with Gasteiger partial charge in [0, 0.05) is 18.7 Å². The summed E-state index contributed by atoms with van der Waals surface area (Å²) in [5.41, 5.74) is 4.96. The smallest absolute Gasteiger partial charge is 0.298 e. The van der Waals surface area contributed by atoms with Gasteiger partial charge in [-0.1, -0.05) is 5.16 Å². The van der Waals surface area contributed by atoms with Gasteiger partial charge in [-0.2, -0.15) is 0 Å². The summed E-state index contributed by atoms with van der Waals surface area (Å²) < 4.78 is 0. The molecule has 9 heteroatoms. The van der Waals surface area contributed by atoms with Crippen molar-refractivity contribution in [2.75, 3.05) is 18.1 Å². The molecule has 114 valence electrons. The summed E-state index contributed by atoms with van der Waals surface area (Å²) in [6.45, 7) is 0.333. The summed E-state index contributed by atoms with van der Waals surface area (Å²) in [7, 11) is 0. The number of hydrogen-bond acceptors (Lipinski definition) is 7. The third-order valence-corrected chi connectivity index (χ3v) is 3.56. The zero-order valence-electron chi connectivity index (χ0n) is 11.3. The van der Waals surface area contributed by atoms with Gasteiger partial charge in [0.1, 0.15) is 5.82 Å². The second kappa shape index (κ2) is 6.35. The van der Waals surface area contributed by atoms with E-state index >= 15 is 0 Å². The lowest BCUT2D eigenvalue weighted by molar-refractivity contribution is -0.385. The lowest BCUT2D eigenvalue weighted by Crippen LogP contribution is -2.42. The average Bonchev–Trinajstić information content (AvgIpc) is 2.43. The molecule has 0 unspecified atom stereocenters. The van der Waals surface area contributed by atoms with Gasteiger partial charge in [-0.05, 0) is 25.3 Å². The third kappa shape index (κ3) is 3.02. The van der Waals surface area contributed by atoms with Crippen molar-refractivity contribution in [2.24, 2.45) is 10.9 Å². The van der Waals surface area contributed by atoms with E-state index in [1.54, 1.807) is 0 Å². The largest absolute Gasteiger partial charge is 0.409 e. The first kappa shape index (κ1) is 15.0. The number of nitrogens with zero attached hydrogens (tertiary/aromatic N) is 4. The maximum absolute atomic E-state index is 11.0. The number of amidine groups is 1. The van der Waals surface area contributed by atoms with Crippen LogP contribution in [0.15, 0.2) is 17.3 Å². The molecule has 0 amide bonds. The fourth-order valence-corrected chi connectivity index (χ4v) is 2.27. The van der Waals surface area contributed by atoms with Crippen molar-refractivity contribution in [3.63, 3.8) is 0 Å². The maximum atomic E-state index is 11.0. The molecule has 1 aliphatic carbocycles. The molecule has 4 N–H and O–H groups in total. The first-order chi connectivity index (χ1) is 10.1. The molecule has 0 aromatic carbocycles. The lowest BCUT2D eigenvalue weighted by atomic mass is 9.91. The molecule has 0 atom stereocenters. The Kier molecular flexibility index (Phi) is 4.53. The fourth-order valence-electron chi connectivity index (χ4n) is 2.27. The van der Waals surface area contributed by atoms with Crippen molar-refractivity contribution in [3.05, 3.63) is 27.9 Å². The minimum atomic E-state index is -0.635. The number of aromatic nitrogens is 1. The predicted octanol–water partition coefficient (Wildman–Crippen LogP) is 0.435. The Bertz CT molecular complexity index is 559. The molecule has 1 aromatic heterocycles. The number of nitro groups is 1. The topological polar surface area (TPSA) is 138 Å². The van der Waals surface area contributed by atoms with Crippen LogP contribution in [0, 0.1) is 10.1 Å². The van der Waals surface area contributed by atoms with E-state index in [1.807, 2.05) is 4.90 Å². The molecule has 0 saturated heterocycles. The highest BCUT2D eigenvalue weighted by atomic mass is 16.6. The highest BCUT2D eigenvalue weighted by Gasteiger charge is 2.28.